The van der Waals surface area contributed by atoms with Gasteiger partial charge in [-0.25, -0.2) is 0 Å². The first-order valence-electron chi connectivity index (χ1n) is 6.03. The fraction of sp³-hybridized carbons (Fsp3) is 0.308. The van der Waals surface area contributed by atoms with Gasteiger partial charge in [0.15, 0.2) is 5.17 Å². The number of carbonyl (C=O) groups is 2. The largest absolute Gasteiger partial charge is 0.497 e. The van der Waals surface area contributed by atoms with Gasteiger partial charge in [-0.1, -0.05) is 23.9 Å². The van der Waals surface area contributed by atoms with Crippen molar-refractivity contribution in [1.29, 1.82) is 0 Å². The fourth-order valence-electron chi connectivity index (χ4n) is 1.73. The summed E-state index contributed by atoms with van der Waals surface area (Å²) in [7, 11) is 1.60. The topological polar surface area (TPSA) is 93.8 Å². The first-order chi connectivity index (χ1) is 9.58. The molecule has 106 valence electrons. The number of amides is 2. The average Bonchev–Trinajstić information content (AvgIpc) is 2.44. The van der Waals surface area contributed by atoms with E-state index in [1.807, 2.05) is 24.3 Å². The number of rotatable bonds is 4. The Morgan fingerprint density at radius 1 is 1.50 bits per heavy atom. The molecule has 1 heterocycles. The van der Waals surface area contributed by atoms with Gasteiger partial charge in [0.05, 0.1) is 18.8 Å². The third kappa shape index (κ3) is 3.74. The maximum Gasteiger partial charge on any atom is 0.249 e. The van der Waals surface area contributed by atoms with E-state index >= 15 is 0 Å². The second-order valence-corrected chi connectivity index (χ2v) is 5.44. The smallest absolute Gasteiger partial charge is 0.249 e. The molecule has 6 nitrogen and oxygen atoms in total. The van der Waals surface area contributed by atoms with Crippen LogP contribution in [-0.4, -0.2) is 29.3 Å². The van der Waals surface area contributed by atoms with Crippen LogP contribution >= 0.6 is 11.8 Å². The van der Waals surface area contributed by atoms with Gasteiger partial charge < -0.3 is 15.8 Å². The zero-order valence-corrected chi connectivity index (χ0v) is 11.8. The maximum atomic E-state index is 12.0. The number of methoxy groups -OCH3 is 1. The van der Waals surface area contributed by atoms with Gasteiger partial charge in [0.25, 0.3) is 0 Å². The number of nitrogens with two attached hydrogens (primary N) is 1. The molecule has 1 aliphatic rings. The zero-order chi connectivity index (χ0) is 14.5. The molecule has 2 amide bonds. The SMILES string of the molecule is COc1ccc(CNC(=O)[C@@H]2CC(=O)N=C(N)S2)cc1. The molecule has 1 atom stereocenters. The molecule has 0 aliphatic carbocycles. The van der Waals surface area contributed by atoms with Crippen molar-refractivity contribution in [2.24, 2.45) is 10.7 Å². The molecule has 0 fully saturated rings. The van der Waals surface area contributed by atoms with Gasteiger partial charge in [-0.3, -0.25) is 9.59 Å². The Balaban J connectivity index is 1.88. The number of carbonyl (C=O) groups excluding carboxylic acids is 2. The van der Waals surface area contributed by atoms with Crippen molar-refractivity contribution in [2.45, 2.75) is 18.2 Å². The maximum absolute atomic E-state index is 12.0. The Morgan fingerprint density at radius 2 is 2.20 bits per heavy atom. The summed E-state index contributed by atoms with van der Waals surface area (Å²) in [4.78, 5) is 26.8. The lowest BCUT2D eigenvalue weighted by Crippen LogP contribution is -2.37. The van der Waals surface area contributed by atoms with Crippen molar-refractivity contribution in [3.63, 3.8) is 0 Å². The van der Waals surface area contributed by atoms with Gasteiger partial charge in [0.2, 0.25) is 11.8 Å². The molecule has 1 aromatic rings. The van der Waals surface area contributed by atoms with E-state index in [2.05, 4.69) is 10.3 Å². The van der Waals surface area contributed by atoms with E-state index in [4.69, 9.17) is 10.5 Å². The molecule has 0 radical (unpaired) electrons. The van der Waals surface area contributed by atoms with E-state index < -0.39 is 5.25 Å². The van der Waals surface area contributed by atoms with E-state index in [1.54, 1.807) is 7.11 Å². The number of thioether (sulfide) groups is 1. The molecule has 7 heteroatoms. The monoisotopic (exact) mass is 293 g/mol. The minimum absolute atomic E-state index is 0.0831. The van der Waals surface area contributed by atoms with Crippen molar-refractivity contribution in [3.8, 4) is 5.75 Å². The molecule has 3 N–H and O–H groups in total. The Morgan fingerprint density at radius 3 is 2.80 bits per heavy atom. The van der Waals surface area contributed by atoms with Crippen molar-refractivity contribution in [1.82, 2.24) is 5.32 Å². The Hall–Kier alpha value is -2.02. The summed E-state index contributed by atoms with van der Waals surface area (Å²) in [5.41, 5.74) is 6.44. The van der Waals surface area contributed by atoms with Crippen LogP contribution in [0.2, 0.25) is 0 Å². The van der Waals surface area contributed by atoms with Crippen LogP contribution in [0.3, 0.4) is 0 Å². The number of ether oxygens (including phenoxy) is 1. The van der Waals surface area contributed by atoms with Crippen molar-refractivity contribution >= 4 is 28.7 Å². The van der Waals surface area contributed by atoms with Gasteiger partial charge in [-0.2, -0.15) is 4.99 Å². The second kappa shape index (κ2) is 6.42. The number of aliphatic imine (C=N–C) groups is 1. The highest BCUT2D eigenvalue weighted by Crippen LogP contribution is 2.20. The lowest BCUT2D eigenvalue weighted by molar-refractivity contribution is -0.124. The predicted molar refractivity (Wildman–Crippen MR) is 77.5 cm³/mol. The Kier molecular flexibility index (Phi) is 4.62. The van der Waals surface area contributed by atoms with Crippen LogP contribution in [0.1, 0.15) is 12.0 Å². The summed E-state index contributed by atoms with van der Waals surface area (Å²) in [6.07, 6.45) is 0.0831. The summed E-state index contributed by atoms with van der Waals surface area (Å²) in [5, 5.41) is 2.43. The highest BCUT2D eigenvalue weighted by atomic mass is 32.2. The molecule has 0 bridgehead atoms. The molecule has 1 aromatic carbocycles. The molecule has 2 rings (SSSR count). The zero-order valence-electron chi connectivity index (χ0n) is 11.0. The summed E-state index contributed by atoms with van der Waals surface area (Å²) in [6, 6.07) is 7.39. The van der Waals surface area contributed by atoms with Crippen molar-refractivity contribution in [2.75, 3.05) is 7.11 Å². The normalized spacial score (nSPS) is 18.4. The van der Waals surface area contributed by atoms with Crippen LogP contribution in [-0.2, 0) is 16.1 Å². The highest BCUT2D eigenvalue weighted by molar-refractivity contribution is 8.15. The predicted octanol–water partition coefficient (Wildman–Crippen LogP) is 0.658. The van der Waals surface area contributed by atoms with E-state index in [0.717, 1.165) is 23.1 Å². The van der Waals surface area contributed by atoms with Gasteiger partial charge in [0.1, 0.15) is 5.75 Å². The highest BCUT2D eigenvalue weighted by Gasteiger charge is 2.27. The minimum Gasteiger partial charge on any atom is -0.497 e. The molecule has 1 aliphatic heterocycles. The Labute approximate surface area is 120 Å². The quantitative estimate of drug-likeness (QED) is 0.850. The van der Waals surface area contributed by atoms with E-state index in [9.17, 15) is 9.59 Å². The number of amidine groups is 1. The average molecular weight is 293 g/mol. The minimum atomic E-state index is -0.502. The lowest BCUT2D eigenvalue weighted by atomic mass is 10.2. The standard InChI is InChI=1S/C13H15N3O3S/c1-19-9-4-2-8(3-5-9)7-15-12(18)10-6-11(17)16-13(14)20-10/h2-5,10H,6-7H2,1H3,(H,15,18)(H2,14,16,17)/t10-/m0/s1. The van der Waals surface area contributed by atoms with Gasteiger partial charge >= 0.3 is 0 Å². The number of nitrogens with zero attached hydrogens (tertiary/aromatic N) is 1. The van der Waals surface area contributed by atoms with Crippen LogP contribution in [0.4, 0.5) is 0 Å². The van der Waals surface area contributed by atoms with Crippen LogP contribution in [0, 0.1) is 0 Å². The number of hydrogen-bond acceptors (Lipinski definition) is 5. The van der Waals surface area contributed by atoms with Gasteiger partial charge in [-0.15, -0.1) is 0 Å². The molecular formula is C13H15N3O3S. The first kappa shape index (κ1) is 14.4. The number of benzene rings is 1. The molecule has 20 heavy (non-hydrogen) atoms. The summed E-state index contributed by atoms with van der Waals surface area (Å²) in [5.74, 6) is 0.195. The molecule has 0 spiro atoms. The van der Waals surface area contributed by atoms with E-state index in [-0.39, 0.29) is 23.4 Å². The van der Waals surface area contributed by atoms with E-state index in [1.165, 1.54) is 0 Å². The van der Waals surface area contributed by atoms with E-state index in [0.29, 0.717) is 6.54 Å². The molecular weight excluding hydrogens is 278 g/mol. The number of nitrogens with one attached hydrogen (secondary N) is 1. The third-order valence-corrected chi connectivity index (χ3v) is 3.77. The second-order valence-electron chi connectivity index (χ2n) is 4.22. The first-order valence-corrected chi connectivity index (χ1v) is 6.90. The van der Waals surface area contributed by atoms with Crippen molar-refractivity contribution in [3.05, 3.63) is 29.8 Å². The third-order valence-electron chi connectivity index (χ3n) is 2.78. The van der Waals surface area contributed by atoms with Gasteiger partial charge in [-0.05, 0) is 17.7 Å². The lowest BCUT2D eigenvalue weighted by Gasteiger charge is -2.17. The molecule has 0 aromatic heterocycles. The Bertz CT molecular complexity index is 542. The van der Waals surface area contributed by atoms with Crippen LogP contribution in [0.5, 0.6) is 5.75 Å². The van der Waals surface area contributed by atoms with Crippen LogP contribution < -0.4 is 15.8 Å². The van der Waals surface area contributed by atoms with Crippen LogP contribution in [0.15, 0.2) is 29.3 Å². The summed E-state index contributed by atoms with van der Waals surface area (Å²) in [6.45, 7) is 0.394. The summed E-state index contributed by atoms with van der Waals surface area (Å²) < 4.78 is 5.06. The van der Waals surface area contributed by atoms with Crippen LogP contribution in [0.25, 0.3) is 0 Å². The summed E-state index contributed by atoms with van der Waals surface area (Å²) >= 11 is 1.11. The molecule has 0 unspecified atom stereocenters. The molecule has 0 saturated carbocycles. The fourth-order valence-corrected chi connectivity index (χ4v) is 2.60. The van der Waals surface area contributed by atoms with Crippen molar-refractivity contribution < 1.29 is 14.3 Å². The number of hydrogen-bond donors (Lipinski definition) is 2. The van der Waals surface area contributed by atoms with Gasteiger partial charge in [0, 0.05) is 6.54 Å². The molecule has 0 saturated heterocycles.